The second-order valence-electron chi connectivity index (χ2n) is 5.38. The molecule has 1 aromatic heterocycles. The van der Waals surface area contributed by atoms with Crippen LogP contribution in [0.1, 0.15) is 6.42 Å². The Labute approximate surface area is 150 Å². The minimum Gasteiger partial charge on any atom is -0.388 e. The molecule has 2 N–H and O–H groups in total. The molecule has 0 saturated carbocycles. The molecule has 2 heterocycles. The van der Waals surface area contributed by atoms with Crippen molar-refractivity contribution < 1.29 is 13.3 Å². The minimum absolute atomic E-state index is 0.141. The van der Waals surface area contributed by atoms with E-state index in [9.17, 15) is 9.18 Å². The van der Waals surface area contributed by atoms with E-state index in [1.165, 1.54) is 16.7 Å². The van der Waals surface area contributed by atoms with Crippen molar-refractivity contribution in [1.29, 1.82) is 0 Å². The Morgan fingerprint density at radius 3 is 2.76 bits per heavy atom. The molecule has 8 heteroatoms. The number of hydrogen-bond donors (Lipinski definition) is 2. The monoisotopic (exact) mass is 367 g/mol. The Kier molecular flexibility index (Phi) is 7.93. The van der Waals surface area contributed by atoms with Crippen molar-refractivity contribution in [2.75, 3.05) is 32.0 Å². The van der Waals surface area contributed by atoms with Gasteiger partial charge in [0.2, 0.25) is 0 Å². The zero-order chi connectivity index (χ0) is 18.1. The number of rotatable bonds is 5. The minimum atomic E-state index is -0.436. The highest BCUT2D eigenvalue weighted by Crippen LogP contribution is 2.22. The summed E-state index contributed by atoms with van der Waals surface area (Å²) in [7, 11) is 3.25. The van der Waals surface area contributed by atoms with Crippen LogP contribution in [0.15, 0.2) is 47.4 Å². The molecule has 1 fully saturated rings. The van der Waals surface area contributed by atoms with Gasteiger partial charge < -0.3 is 14.8 Å². The molecule has 1 aliphatic rings. The lowest BCUT2D eigenvalue weighted by molar-refractivity contribution is 0.267. The van der Waals surface area contributed by atoms with Crippen molar-refractivity contribution in [2.45, 2.75) is 12.5 Å². The maximum absolute atomic E-state index is 14.1. The molecule has 1 aliphatic heterocycles. The number of anilines is 1. The van der Waals surface area contributed by atoms with Crippen molar-refractivity contribution in [2.24, 2.45) is 0 Å². The summed E-state index contributed by atoms with van der Waals surface area (Å²) in [6, 6.07) is 9.41. The third kappa shape index (κ3) is 5.86. The number of aromatic nitrogens is 1. The molecule has 0 bridgehead atoms. The predicted octanol–water partition coefficient (Wildman–Crippen LogP) is 2.59. The van der Waals surface area contributed by atoms with Crippen LogP contribution in [0.25, 0.3) is 5.69 Å². The third-order valence-corrected chi connectivity index (χ3v) is 4.08. The summed E-state index contributed by atoms with van der Waals surface area (Å²) in [6.45, 7) is 1.76. The molecule has 1 atom stereocenters. The molecular formula is C17H22FN3O3S. The van der Waals surface area contributed by atoms with Crippen molar-refractivity contribution in [3.05, 3.63) is 58.8 Å². The lowest BCUT2D eigenvalue weighted by atomic mass is 10.2. The van der Waals surface area contributed by atoms with Crippen molar-refractivity contribution in [1.82, 2.24) is 9.88 Å². The van der Waals surface area contributed by atoms with Gasteiger partial charge in [0.05, 0.1) is 17.5 Å². The average molecular weight is 367 g/mol. The van der Waals surface area contributed by atoms with Crippen molar-refractivity contribution >= 4 is 17.9 Å². The van der Waals surface area contributed by atoms with Gasteiger partial charge in [-0.25, -0.2) is 4.39 Å². The fourth-order valence-electron chi connectivity index (χ4n) is 2.22. The maximum Gasteiger partial charge on any atom is 0.255 e. The summed E-state index contributed by atoms with van der Waals surface area (Å²) >= 11 is 1.02. The van der Waals surface area contributed by atoms with E-state index in [2.05, 4.69) is 14.8 Å². The fourth-order valence-corrected chi connectivity index (χ4v) is 2.83. The maximum atomic E-state index is 14.1. The first-order valence-corrected chi connectivity index (χ1v) is 8.56. The molecular weight excluding hydrogens is 345 g/mol. The molecule has 1 aromatic carbocycles. The highest BCUT2D eigenvalue weighted by molar-refractivity contribution is 7.96. The van der Waals surface area contributed by atoms with E-state index >= 15 is 0 Å². The van der Waals surface area contributed by atoms with Gasteiger partial charge in [-0.05, 0) is 31.2 Å². The van der Waals surface area contributed by atoms with E-state index in [1.807, 2.05) is 0 Å². The van der Waals surface area contributed by atoms with Gasteiger partial charge in [0, 0.05) is 39.1 Å². The van der Waals surface area contributed by atoms with Gasteiger partial charge in [-0.1, -0.05) is 6.07 Å². The third-order valence-electron chi connectivity index (χ3n) is 3.40. The number of pyridine rings is 1. The SMILES string of the molecule is COC.O=c1ccccn1-c1ccc(NSOC2CCNC2)c(F)c1. The molecule has 0 aliphatic carbocycles. The smallest absolute Gasteiger partial charge is 0.255 e. The lowest BCUT2D eigenvalue weighted by Gasteiger charge is -2.11. The molecule has 25 heavy (non-hydrogen) atoms. The lowest BCUT2D eigenvalue weighted by Crippen LogP contribution is -2.16. The summed E-state index contributed by atoms with van der Waals surface area (Å²) < 4.78 is 28.1. The van der Waals surface area contributed by atoms with Gasteiger partial charge in [-0.3, -0.25) is 13.5 Å². The highest BCUT2D eigenvalue weighted by Gasteiger charge is 2.15. The first-order chi connectivity index (χ1) is 12.2. The van der Waals surface area contributed by atoms with Gasteiger partial charge >= 0.3 is 0 Å². The molecule has 2 aromatic rings. The number of benzene rings is 1. The Morgan fingerprint density at radius 1 is 1.32 bits per heavy atom. The summed E-state index contributed by atoms with van der Waals surface area (Å²) in [5.41, 5.74) is 0.609. The van der Waals surface area contributed by atoms with Crippen LogP contribution < -0.4 is 15.6 Å². The number of nitrogens with zero attached hydrogens (tertiary/aromatic N) is 1. The van der Waals surface area contributed by atoms with E-state index in [0.717, 1.165) is 31.7 Å². The first kappa shape index (κ1) is 19.5. The van der Waals surface area contributed by atoms with Crippen LogP contribution in [0.3, 0.4) is 0 Å². The van der Waals surface area contributed by atoms with Crippen molar-refractivity contribution in [3.63, 3.8) is 0 Å². The summed E-state index contributed by atoms with van der Waals surface area (Å²) in [5, 5.41) is 3.19. The van der Waals surface area contributed by atoms with Crippen LogP contribution in [0.5, 0.6) is 0 Å². The van der Waals surface area contributed by atoms with Crippen LogP contribution in [-0.4, -0.2) is 38.0 Å². The molecule has 136 valence electrons. The average Bonchev–Trinajstić information content (AvgIpc) is 3.11. The second kappa shape index (κ2) is 10.2. The van der Waals surface area contributed by atoms with Gasteiger partial charge in [0.1, 0.15) is 18.0 Å². The molecule has 6 nitrogen and oxygen atoms in total. The van der Waals surface area contributed by atoms with E-state index < -0.39 is 5.82 Å². The predicted molar refractivity (Wildman–Crippen MR) is 98.5 cm³/mol. The van der Waals surface area contributed by atoms with Gasteiger partial charge in [-0.15, -0.1) is 0 Å². The quantitative estimate of drug-likeness (QED) is 0.626. The molecule has 0 spiro atoms. The zero-order valence-electron chi connectivity index (χ0n) is 14.2. The number of ether oxygens (including phenoxy) is 1. The fraction of sp³-hybridized carbons (Fsp3) is 0.353. The highest BCUT2D eigenvalue weighted by atomic mass is 32.2. The van der Waals surface area contributed by atoms with Crippen LogP contribution in [0.2, 0.25) is 0 Å². The summed E-state index contributed by atoms with van der Waals surface area (Å²) in [6.07, 6.45) is 2.70. The van der Waals surface area contributed by atoms with Crippen LogP contribution in [0, 0.1) is 5.82 Å². The number of halogens is 1. The van der Waals surface area contributed by atoms with Gasteiger partial charge in [-0.2, -0.15) is 0 Å². The zero-order valence-corrected chi connectivity index (χ0v) is 15.0. The molecule has 1 saturated heterocycles. The topological polar surface area (TPSA) is 64.5 Å². The summed E-state index contributed by atoms with van der Waals surface area (Å²) in [5.74, 6) is -0.436. The molecule has 0 radical (unpaired) electrons. The second-order valence-corrected chi connectivity index (χ2v) is 5.94. The van der Waals surface area contributed by atoms with E-state index in [1.54, 1.807) is 44.7 Å². The standard InChI is InChI=1S/C15H16FN3O2S.C2H6O/c16-13-9-11(19-8-2-1-3-15(19)20)4-5-14(13)18-22-21-12-6-7-17-10-12;1-3-2/h1-5,8-9,12,17-18H,6-7,10H2;1-2H3. The Bertz CT molecular complexity index is 720. The van der Waals surface area contributed by atoms with Crippen LogP contribution >= 0.6 is 12.2 Å². The van der Waals surface area contributed by atoms with Gasteiger partial charge in [0.15, 0.2) is 0 Å². The normalized spacial score (nSPS) is 16.2. The molecule has 1 unspecified atom stereocenters. The number of hydrogen-bond acceptors (Lipinski definition) is 6. The Hall–Kier alpha value is -1.87. The largest absolute Gasteiger partial charge is 0.388 e. The van der Waals surface area contributed by atoms with E-state index in [-0.39, 0.29) is 11.7 Å². The summed E-state index contributed by atoms with van der Waals surface area (Å²) in [4.78, 5) is 11.7. The Balaban J connectivity index is 0.000000701. The molecule has 3 rings (SSSR count). The van der Waals surface area contributed by atoms with Crippen LogP contribution in [-0.2, 0) is 8.92 Å². The van der Waals surface area contributed by atoms with E-state index in [0.29, 0.717) is 11.4 Å². The Morgan fingerprint density at radius 2 is 2.12 bits per heavy atom. The number of methoxy groups -OCH3 is 1. The van der Waals surface area contributed by atoms with E-state index in [4.69, 9.17) is 4.18 Å². The van der Waals surface area contributed by atoms with Crippen molar-refractivity contribution in [3.8, 4) is 5.69 Å². The van der Waals surface area contributed by atoms with Crippen LogP contribution in [0.4, 0.5) is 10.1 Å². The number of nitrogens with one attached hydrogen (secondary N) is 2. The first-order valence-electron chi connectivity index (χ1n) is 7.82. The van der Waals surface area contributed by atoms with Gasteiger partial charge in [0.25, 0.3) is 5.56 Å². The molecule has 0 amide bonds.